The highest BCUT2D eigenvalue weighted by Crippen LogP contribution is 2.38. The molecule has 0 spiro atoms. The van der Waals surface area contributed by atoms with E-state index < -0.39 is 0 Å². The van der Waals surface area contributed by atoms with Crippen molar-refractivity contribution in [2.75, 3.05) is 6.61 Å². The Morgan fingerprint density at radius 2 is 1.67 bits per heavy atom. The van der Waals surface area contributed by atoms with E-state index >= 15 is 0 Å². The first-order valence-corrected chi connectivity index (χ1v) is 7.89. The Bertz CT molecular complexity index is 677. The standard InChI is InChI=1S/C19H21ClO/c1-11-9-12(2)14(4)18(13(11)3)19(20)16-5-6-17-15(10-16)7-8-21-17/h5-6,9-10,19H,7-8H2,1-4H3. The molecule has 0 aromatic heterocycles. The van der Waals surface area contributed by atoms with E-state index in [0.29, 0.717) is 0 Å². The predicted molar refractivity (Wildman–Crippen MR) is 88.7 cm³/mol. The van der Waals surface area contributed by atoms with Gasteiger partial charge in [0.25, 0.3) is 0 Å². The molecule has 0 saturated carbocycles. The van der Waals surface area contributed by atoms with Gasteiger partial charge in [0, 0.05) is 6.42 Å². The Labute approximate surface area is 131 Å². The van der Waals surface area contributed by atoms with Gasteiger partial charge >= 0.3 is 0 Å². The number of rotatable bonds is 2. The minimum Gasteiger partial charge on any atom is -0.493 e. The second-order valence-corrected chi connectivity index (χ2v) is 6.44. The van der Waals surface area contributed by atoms with Crippen LogP contribution in [0.4, 0.5) is 0 Å². The maximum atomic E-state index is 6.85. The fraction of sp³-hybridized carbons (Fsp3) is 0.368. The van der Waals surface area contributed by atoms with Crippen LogP contribution in [0.15, 0.2) is 24.3 Å². The first-order valence-electron chi connectivity index (χ1n) is 7.46. The third-order valence-electron chi connectivity index (χ3n) is 4.68. The molecule has 110 valence electrons. The predicted octanol–water partition coefficient (Wildman–Crippen LogP) is 5.18. The number of hydrogen-bond acceptors (Lipinski definition) is 1. The van der Waals surface area contributed by atoms with Gasteiger partial charge in [0.15, 0.2) is 0 Å². The summed E-state index contributed by atoms with van der Waals surface area (Å²) >= 11 is 6.85. The van der Waals surface area contributed by atoms with Crippen molar-refractivity contribution in [1.82, 2.24) is 0 Å². The minimum atomic E-state index is -0.102. The van der Waals surface area contributed by atoms with E-state index in [0.717, 1.165) is 24.3 Å². The van der Waals surface area contributed by atoms with Crippen LogP contribution >= 0.6 is 11.6 Å². The van der Waals surface area contributed by atoms with Crippen LogP contribution in [0.2, 0.25) is 0 Å². The molecule has 0 bridgehead atoms. The molecule has 2 aromatic rings. The van der Waals surface area contributed by atoms with E-state index in [1.165, 1.54) is 33.4 Å². The molecule has 0 fully saturated rings. The zero-order chi connectivity index (χ0) is 15.1. The number of hydrogen-bond donors (Lipinski definition) is 0. The summed E-state index contributed by atoms with van der Waals surface area (Å²) in [6.07, 6.45) is 0.984. The summed E-state index contributed by atoms with van der Waals surface area (Å²) < 4.78 is 5.58. The fourth-order valence-electron chi connectivity index (χ4n) is 3.16. The largest absolute Gasteiger partial charge is 0.493 e. The molecule has 1 nitrogen and oxygen atoms in total. The van der Waals surface area contributed by atoms with E-state index in [2.05, 4.69) is 52.0 Å². The summed E-state index contributed by atoms with van der Waals surface area (Å²) in [7, 11) is 0. The summed E-state index contributed by atoms with van der Waals surface area (Å²) in [6.45, 7) is 9.44. The van der Waals surface area contributed by atoms with Crippen LogP contribution in [-0.4, -0.2) is 6.61 Å². The van der Waals surface area contributed by atoms with Gasteiger partial charge in [-0.15, -0.1) is 11.6 Å². The lowest BCUT2D eigenvalue weighted by molar-refractivity contribution is 0.357. The van der Waals surface area contributed by atoms with E-state index in [1.54, 1.807) is 0 Å². The van der Waals surface area contributed by atoms with Crippen molar-refractivity contribution in [3.8, 4) is 5.75 Å². The highest BCUT2D eigenvalue weighted by molar-refractivity contribution is 6.22. The number of benzene rings is 2. The van der Waals surface area contributed by atoms with Gasteiger partial charge in [-0.3, -0.25) is 0 Å². The van der Waals surface area contributed by atoms with Crippen molar-refractivity contribution in [3.63, 3.8) is 0 Å². The SMILES string of the molecule is Cc1cc(C)c(C)c(C(Cl)c2ccc3c(c2)CCO3)c1C. The Morgan fingerprint density at radius 1 is 1.00 bits per heavy atom. The van der Waals surface area contributed by atoms with Crippen LogP contribution in [0.1, 0.15) is 44.3 Å². The van der Waals surface area contributed by atoms with Gasteiger partial charge in [-0.25, -0.2) is 0 Å². The molecule has 1 heterocycles. The Kier molecular flexibility index (Phi) is 3.71. The highest BCUT2D eigenvalue weighted by atomic mass is 35.5. The van der Waals surface area contributed by atoms with Gasteiger partial charge in [-0.1, -0.05) is 18.2 Å². The Morgan fingerprint density at radius 3 is 2.33 bits per heavy atom. The van der Waals surface area contributed by atoms with Crippen molar-refractivity contribution in [3.05, 3.63) is 63.2 Å². The molecule has 0 radical (unpaired) electrons. The van der Waals surface area contributed by atoms with Crippen molar-refractivity contribution in [2.24, 2.45) is 0 Å². The van der Waals surface area contributed by atoms with Crippen LogP contribution in [0.3, 0.4) is 0 Å². The molecular formula is C19H21ClO. The Balaban J connectivity index is 2.09. The number of halogens is 1. The molecule has 0 amide bonds. The second kappa shape index (κ2) is 5.38. The lowest BCUT2D eigenvalue weighted by Crippen LogP contribution is -2.03. The zero-order valence-corrected chi connectivity index (χ0v) is 13.8. The number of fused-ring (bicyclic) bond motifs is 1. The third kappa shape index (κ3) is 2.44. The van der Waals surface area contributed by atoms with Crippen molar-refractivity contribution in [1.29, 1.82) is 0 Å². The summed E-state index contributed by atoms with van der Waals surface area (Å²) in [5.74, 6) is 1.01. The number of ether oxygens (including phenoxy) is 1. The molecule has 1 aliphatic heterocycles. The molecule has 1 aliphatic rings. The van der Waals surface area contributed by atoms with Crippen molar-refractivity contribution in [2.45, 2.75) is 39.5 Å². The molecule has 0 saturated heterocycles. The van der Waals surface area contributed by atoms with Crippen LogP contribution in [-0.2, 0) is 6.42 Å². The smallest absolute Gasteiger partial charge is 0.122 e. The molecule has 0 N–H and O–H groups in total. The summed E-state index contributed by atoms with van der Waals surface area (Å²) in [5, 5.41) is -0.102. The first-order chi connectivity index (χ1) is 9.99. The van der Waals surface area contributed by atoms with E-state index in [1.807, 2.05) is 0 Å². The molecular weight excluding hydrogens is 280 g/mol. The summed E-state index contributed by atoms with van der Waals surface area (Å²) in [6, 6.07) is 8.60. The van der Waals surface area contributed by atoms with Crippen LogP contribution < -0.4 is 4.74 Å². The fourth-order valence-corrected chi connectivity index (χ4v) is 3.62. The van der Waals surface area contributed by atoms with Crippen molar-refractivity contribution < 1.29 is 4.74 Å². The van der Waals surface area contributed by atoms with Gasteiger partial charge in [-0.05, 0) is 72.7 Å². The van der Waals surface area contributed by atoms with Crippen LogP contribution in [0.5, 0.6) is 5.75 Å². The van der Waals surface area contributed by atoms with E-state index in [4.69, 9.17) is 16.3 Å². The normalized spacial score (nSPS) is 14.7. The average Bonchev–Trinajstić information content (AvgIpc) is 2.92. The van der Waals surface area contributed by atoms with Gasteiger partial charge in [-0.2, -0.15) is 0 Å². The number of alkyl halides is 1. The van der Waals surface area contributed by atoms with Crippen LogP contribution in [0, 0.1) is 27.7 Å². The molecule has 0 aliphatic carbocycles. The average molecular weight is 301 g/mol. The topological polar surface area (TPSA) is 9.23 Å². The molecule has 21 heavy (non-hydrogen) atoms. The monoisotopic (exact) mass is 300 g/mol. The number of aryl methyl sites for hydroxylation is 2. The third-order valence-corrected chi connectivity index (χ3v) is 5.15. The molecule has 2 aromatic carbocycles. The molecule has 2 heteroatoms. The molecule has 1 unspecified atom stereocenters. The minimum absolute atomic E-state index is 0.102. The van der Waals surface area contributed by atoms with Gasteiger partial charge in [0.05, 0.1) is 12.0 Å². The quantitative estimate of drug-likeness (QED) is 0.694. The van der Waals surface area contributed by atoms with Gasteiger partial charge < -0.3 is 4.74 Å². The summed E-state index contributed by atoms with van der Waals surface area (Å²) in [4.78, 5) is 0. The van der Waals surface area contributed by atoms with Gasteiger partial charge in [0.1, 0.15) is 5.75 Å². The van der Waals surface area contributed by atoms with E-state index in [-0.39, 0.29) is 5.38 Å². The first kappa shape index (κ1) is 14.5. The second-order valence-electron chi connectivity index (χ2n) is 6.00. The maximum absolute atomic E-state index is 6.85. The maximum Gasteiger partial charge on any atom is 0.122 e. The molecule has 3 rings (SSSR count). The van der Waals surface area contributed by atoms with E-state index in [9.17, 15) is 0 Å². The van der Waals surface area contributed by atoms with Crippen LogP contribution in [0.25, 0.3) is 0 Å². The highest BCUT2D eigenvalue weighted by Gasteiger charge is 2.21. The zero-order valence-electron chi connectivity index (χ0n) is 13.1. The van der Waals surface area contributed by atoms with Gasteiger partial charge in [0.2, 0.25) is 0 Å². The van der Waals surface area contributed by atoms with Crippen molar-refractivity contribution >= 4 is 11.6 Å². The molecule has 1 atom stereocenters. The summed E-state index contributed by atoms with van der Waals surface area (Å²) in [5.41, 5.74) is 8.92. The lowest BCUT2D eigenvalue weighted by Gasteiger charge is -2.20. The Hall–Kier alpha value is -1.47. The lowest BCUT2D eigenvalue weighted by atomic mass is 9.89.